The van der Waals surface area contributed by atoms with Crippen LogP contribution in [-0.2, 0) is 14.8 Å². The molecule has 3 rings (SSSR count). The molecule has 0 fully saturated rings. The largest absolute Gasteiger partial charge is 0.352 e. The topological polar surface area (TPSA) is 108 Å². The fraction of sp³-hybridized carbons (Fsp3) is 0.250. The van der Waals surface area contributed by atoms with Crippen molar-refractivity contribution in [1.29, 1.82) is 0 Å². The highest BCUT2D eigenvalue weighted by Crippen LogP contribution is 2.22. The monoisotopic (exact) mass is 394 g/mol. The minimum Gasteiger partial charge on any atom is -0.273 e. The number of aliphatic imine (C=N–C) groups is 2. The number of carbonyl (C=O) groups is 2. The summed E-state index contributed by atoms with van der Waals surface area (Å²) in [5.41, 5.74) is 0.422. The molecule has 0 aliphatic carbocycles. The Morgan fingerprint density at radius 3 is 2.85 bits per heavy atom. The molecule has 10 heteroatoms. The summed E-state index contributed by atoms with van der Waals surface area (Å²) in [6.07, 6.45) is 4.64. The quantitative estimate of drug-likeness (QED) is 0.817. The van der Waals surface area contributed by atoms with Crippen molar-refractivity contribution in [1.82, 2.24) is 9.62 Å². The average Bonchev–Trinajstić information content (AvgIpc) is 2.60. The predicted octanol–water partition coefficient (Wildman–Crippen LogP) is 1.54. The number of halogens is 1. The Kier molecular flexibility index (Phi) is 5.03. The highest BCUT2D eigenvalue weighted by atomic mass is 35.5. The van der Waals surface area contributed by atoms with Crippen LogP contribution >= 0.6 is 11.6 Å². The Hall–Kier alpha value is -2.36. The molecule has 0 aromatic heterocycles. The molecule has 2 aliphatic rings. The second-order valence-corrected chi connectivity index (χ2v) is 7.79. The number of fused-ring (bicyclic) bond motifs is 1. The molecule has 2 aliphatic heterocycles. The number of benzene rings is 1. The molecule has 0 saturated carbocycles. The minimum atomic E-state index is -3.83. The smallest absolute Gasteiger partial charge is 0.273 e. The lowest BCUT2D eigenvalue weighted by atomic mass is 10.0. The van der Waals surface area contributed by atoms with Crippen LogP contribution in [0, 0.1) is 12.8 Å². The van der Waals surface area contributed by atoms with Gasteiger partial charge in [0.2, 0.25) is 15.9 Å². The molecule has 136 valence electrons. The number of sulfonamides is 1. The van der Waals surface area contributed by atoms with Crippen molar-refractivity contribution in [2.45, 2.75) is 11.8 Å². The zero-order chi connectivity index (χ0) is 18.9. The molecule has 3 amide bonds. The van der Waals surface area contributed by atoms with Crippen LogP contribution in [0.3, 0.4) is 0 Å². The number of rotatable bonds is 5. The van der Waals surface area contributed by atoms with Gasteiger partial charge in [-0.2, -0.15) is 4.99 Å². The maximum Gasteiger partial charge on any atom is 0.352 e. The first-order chi connectivity index (χ1) is 12.3. The molecule has 0 bridgehead atoms. The van der Waals surface area contributed by atoms with Crippen molar-refractivity contribution in [2.24, 2.45) is 15.9 Å². The Bertz CT molecular complexity index is 968. The average molecular weight is 395 g/mol. The van der Waals surface area contributed by atoms with Gasteiger partial charge in [0.15, 0.2) is 0 Å². The standard InChI is InChI=1S/C16H15ClN4O4S/c1-10-12(17)5-2-6-13(10)26(24,25)19-8-9-21-15(22)11-4-3-7-18-14(11)20-16(21)23/h2-7,11,19H,8-9H2,1H3. The van der Waals surface area contributed by atoms with Crippen LogP contribution in [-0.4, -0.2) is 50.4 Å². The van der Waals surface area contributed by atoms with Gasteiger partial charge in [-0.05, 0) is 30.7 Å². The van der Waals surface area contributed by atoms with Crippen LogP contribution in [0.4, 0.5) is 4.79 Å². The molecule has 0 spiro atoms. The summed E-state index contributed by atoms with van der Waals surface area (Å²) in [6.45, 7) is 1.32. The summed E-state index contributed by atoms with van der Waals surface area (Å²) in [5.74, 6) is -1.05. The van der Waals surface area contributed by atoms with Crippen molar-refractivity contribution in [3.63, 3.8) is 0 Å². The molecule has 8 nitrogen and oxygen atoms in total. The van der Waals surface area contributed by atoms with E-state index in [0.29, 0.717) is 10.6 Å². The highest BCUT2D eigenvalue weighted by molar-refractivity contribution is 7.89. The highest BCUT2D eigenvalue weighted by Gasteiger charge is 2.36. The van der Waals surface area contributed by atoms with Crippen molar-refractivity contribution in [3.8, 4) is 0 Å². The Balaban J connectivity index is 1.70. The SMILES string of the molecule is Cc1c(Cl)cccc1S(=O)(=O)NCCN1C(=O)N=C2N=CC=CC2C1=O. The molecule has 1 unspecified atom stereocenters. The number of hydrogen-bond acceptors (Lipinski definition) is 5. The summed E-state index contributed by atoms with van der Waals surface area (Å²) >= 11 is 5.96. The first kappa shape index (κ1) is 18.4. The van der Waals surface area contributed by atoms with Gasteiger partial charge in [0.1, 0.15) is 11.8 Å². The lowest BCUT2D eigenvalue weighted by molar-refractivity contribution is -0.129. The Morgan fingerprint density at radius 2 is 2.08 bits per heavy atom. The molecule has 1 aromatic carbocycles. The first-order valence-corrected chi connectivity index (χ1v) is 9.57. The molecular formula is C16H15ClN4O4S. The van der Waals surface area contributed by atoms with Crippen LogP contribution < -0.4 is 4.72 Å². The van der Waals surface area contributed by atoms with Gasteiger partial charge in [-0.15, -0.1) is 0 Å². The molecule has 26 heavy (non-hydrogen) atoms. The van der Waals surface area contributed by atoms with Crippen LogP contribution in [0.5, 0.6) is 0 Å². The van der Waals surface area contributed by atoms with E-state index >= 15 is 0 Å². The number of urea groups is 1. The number of amidine groups is 1. The third-order valence-corrected chi connectivity index (χ3v) is 6.00. The number of hydrogen-bond donors (Lipinski definition) is 1. The summed E-state index contributed by atoms with van der Waals surface area (Å²) < 4.78 is 27.2. The van der Waals surface area contributed by atoms with Crippen molar-refractivity contribution < 1.29 is 18.0 Å². The fourth-order valence-electron chi connectivity index (χ4n) is 2.61. The van der Waals surface area contributed by atoms with Gasteiger partial charge in [-0.1, -0.05) is 23.7 Å². The van der Waals surface area contributed by atoms with E-state index in [0.717, 1.165) is 4.90 Å². The number of allylic oxidation sites excluding steroid dienone is 1. The van der Waals surface area contributed by atoms with Crippen LogP contribution in [0.1, 0.15) is 5.56 Å². The predicted molar refractivity (Wildman–Crippen MR) is 97.0 cm³/mol. The van der Waals surface area contributed by atoms with Crippen LogP contribution in [0.25, 0.3) is 0 Å². The number of carbonyl (C=O) groups excluding carboxylic acids is 2. The maximum absolute atomic E-state index is 12.4. The van der Waals surface area contributed by atoms with Crippen LogP contribution in [0.2, 0.25) is 5.02 Å². The van der Waals surface area contributed by atoms with Gasteiger partial charge in [-0.25, -0.2) is 22.9 Å². The molecule has 1 aromatic rings. The number of amides is 3. The van der Waals surface area contributed by atoms with Gasteiger partial charge < -0.3 is 0 Å². The van der Waals surface area contributed by atoms with E-state index in [1.54, 1.807) is 25.1 Å². The number of dihydropyridines is 1. The molecule has 2 heterocycles. The van der Waals surface area contributed by atoms with Gasteiger partial charge in [0, 0.05) is 24.3 Å². The van der Waals surface area contributed by atoms with Gasteiger partial charge in [-0.3, -0.25) is 9.69 Å². The van der Waals surface area contributed by atoms with E-state index in [9.17, 15) is 18.0 Å². The molecule has 0 saturated heterocycles. The Labute approximate surface area is 155 Å². The van der Waals surface area contributed by atoms with E-state index in [-0.39, 0.29) is 23.8 Å². The van der Waals surface area contributed by atoms with Gasteiger partial charge in [0.25, 0.3) is 0 Å². The van der Waals surface area contributed by atoms with Crippen molar-refractivity contribution in [2.75, 3.05) is 13.1 Å². The molecule has 0 radical (unpaired) electrons. The van der Waals surface area contributed by atoms with E-state index in [2.05, 4.69) is 14.7 Å². The number of imide groups is 1. The van der Waals surface area contributed by atoms with Crippen molar-refractivity contribution >= 4 is 45.6 Å². The van der Waals surface area contributed by atoms with E-state index in [1.807, 2.05) is 0 Å². The Morgan fingerprint density at radius 1 is 1.31 bits per heavy atom. The lowest BCUT2D eigenvalue weighted by Crippen LogP contribution is -2.48. The van der Waals surface area contributed by atoms with E-state index in [4.69, 9.17) is 11.6 Å². The van der Waals surface area contributed by atoms with Gasteiger partial charge in [0.05, 0.1) is 4.90 Å². The summed E-state index contributed by atoms with van der Waals surface area (Å²) in [6, 6.07) is 3.80. The van der Waals surface area contributed by atoms with Crippen molar-refractivity contribution in [3.05, 3.63) is 40.9 Å². The van der Waals surface area contributed by atoms with Crippen LogP contribution in [0.15, 0.2) is 45.2 Å². The zero-order valence-electron chi connectivity index (χ0n) is 13.7. The van der Waals surface area contributed by atoms with E-state index < -0.39 is 27.9 Å². The first-order valence-electron chi connectivity index (χ1n) is 7.71. The maximum atomic E-state index is 12.4. The fourth-order valence-corrected chi connectivity index (χ4v) is 4.13. The molecule has 1 atom stereocenters. The third-order valence-electron chi connectivity index (χ3n) is 3.98. The minimum absolute atomic E-state index is 0.0474. The summed E-state index contributed by atoms with van der Waals surface area (Å²) in [4.78, 5) is 33.0. The summed E-state index contributed by atoms with van der Waals surface area (Å²) in [7, 11) is -3.83. The molecular weight excluding hydrogens is 380 g/mol. The summed E-state index contributed by atoms with van der Waals surface area (Å²) in [5, 5.41) is 0.334. The van der Waals surface area contributed by atoms with Gasteiger partial charge >= 0.3 is 6.03 Å². The third kappa shape index (κ3) is 3.46. The number of nitrogens with zero attached hydrogens (tertiary/aromatic N) is 3. The number of nitrogens with one attached hydrogen (secondary N) is 1. The molecule has 1 N–H and O–H groups in total. The van der Waals surface area contributed by atoms with E-state index in [1.165, 1.54) is 18.3 Å². The normalized spacial score (nSPS) is 19.5. The zero-order valence-corrected chi connectivity index (χ0v) is 15.3. The lowest BCUT2D eigenvalue weighted by Gasteiger charge is -2.27. The second-order valence-electron chi connectivity index (χ2n) is 5.64. The second kappa shape index (κ2) is 7.10.